The lowest BCUT2D eigenvalue weighted by Gasteiger charge is -2.16. The minimum atomic E-state index is -4.93. The molecule has 0 atom stereocenters. The number of hydrogen-bond acceptors (Lipinski definition) is 3. The Labute approximate surface area is 92.4 Å². The highest BCUT2D eigenvalue weighted by Gasteiger charge is 2.38. The number of hydrogen-bond donors (Lipinski definition) is 1. The highest BCUT2D eigenvalue weighted by molar-refractivity contribution is 5.78. The van der Waals surface area contributed by atoms with Crippen molar-refractivity contribution in [1.29, 1.82) is 0 Å². The third kappa shape index (κ3) is 2.57. The first-order valence-electron chi connectivity index (χ1n) is 4.35. The molecule has 0 aliphatic rings. The van der Waals surface area contributed by atoms with E-state index in [1.165, 1.54) is 0 Å². The Morgan fingerprint density at radius 1 is 1.41 bits per heavy atom. The van der Waals surface area contributed by atoms with Gasteiger partial charge in [0.05, 0.1) is 5.56 Å². The molecular formula is C9H7F5N2O. The van der Waals surface area contributed by atoms with E-state index in [4.69, 9.17) is 5.73 Å². The predicted molar refractivity (Wildman–Crippen MR) is 47.5 cm³/mol. The van der Waals surface area contributed by atoms with E-state index < -0.39 is 41.5 Å². The average Bonchev–Trinajstić information content (AvgIpc) is 2.25. The number of pyridine rings is 1. The van der Waals surface area contributed by atoms with Gasteiger partial charge in [-0.25, -0.2) is 8.78 Å². The number of alkyl halides is 5. The van der Waals surface area contributed by atoms with Gasteiger partial charge in [-0.2, -0.15) is 13.2 Å². The van der Waals surface area contributed by atoms with E-state index in [1.54, 1.807) is 0 Å². The maximum atomic E-state index is 12.6. The fraction of sp³-hybridized carbons (Fsp3) is 0.333. The molecule has 0 bridgehead atoms. The molecule has 0 amide bonds. The molecule has 0 unspecified atom stereocenters. The van der Waals surface area contributed by atoms with Gasteiger partial charge >= 0.3 is 6.18 Å². The molecule has 0 aliphatic carbocycles. The van der Waals surface area contributed by atoms with Gasteiger partial charge in [0, 0.05) is 23.9 Å². The Bertz CT molecular complexity index is 430. The number of rotatable bonds is 3. The van der Waals surface area contributed by atoms with Crippen molar-refractivity contribution in [3.63, 3.8) is 0 Å². The van der Waals surface area contributed by atoms with Gasteiger partial charge in [0.15, 0.2) is 6.29 Å². The van der Waals surface area contributed by atoms with Gasteiger partial charge in [-0.3, -0.25) is 9.78 Å². The zero-order valence-corrected chi connectivity index (χ0v) is 8.26. The number of halogens is 5. The van der Waals surface area contributed by atoms with Crippen LogP contribution in [-0.2, 0) is 12.7 Å². The molecule has 0 radical (unpaired) electrons. The van der Waals surface area contributed by atoms with Crippen LogP contribution in [-0.4, -0.2) is 11.3 Å². The van der Waals surface area contributed by atoms with Gasteiger partial charge in [-0.1, -0.05) is 0 Å². The van der Waals surface area contributed by atoms with Crippen LogP contribution >= 0.6 is 0 Å². The molecule has 1 aromatic heterocycles. The second kappa shape index (κ2) is 4.74. The molecule has 0 saturated carbocycles. The normalized spacial score (nSPS) is 11.9. The molecule has 0 spiro atoms. The number of nitrogens with zero attached hydrogens (tertiary/aromatic N) is 1. The Morgan fingerprint density at radius 2 is 2.00 bits per heavy atom. The second-order valence-electron chi connectivity index (χ2n) is 3.07. The zero-order valence-electron chi connectivity index (χ0n) is 8.26. The Kier molecular flexibility index (Phi) is 3.76. The smallest absolute Gasteiger partial charge is 0.326 e. The number of nitrogens with two attached hydrogens (primary N) is 1. The average molecular weight is 254 g/mol. The summed E-state index contributed by atoms with van der Waals surface area (Å²) in [5.74, 6) is 0. The minimum Gasteiger partial charge on any atom is -0.326 e. The zero-order chi connectivity index (χ0) is 13.2. The Balaban J connectivity index is 3.61. The molecule has 3 nitrogen and oxygen atoms in total. The highest BCUT2D eigenvalue weighted by Crippen LogP contribution is 2.36. The molecule has 1 aromatic rings. The second-order valence-corrected chi connectivity index (χ2v) is 3.07. The lowest BCUT2D eigenvalue weighted by molar-refractivity contribution is -0.138. The molecular weight excluding hydrogens is 247 g/mol. The molecule has 0 aliphatic heterocycles. The van der Waals surface area contributed by atoms with Crippen molar-refractivity contribution in [3.05, 3.63) is 28.6 Å². The van der Waals surface area contributed by atoms with Crippen LogP contribution in [0.4, 0.5) is 22.0 Å². The summed E-state index contributed by atoms with van der Waals surface area (Å²) in [5.41, 5.74) is 0.872. The van der Waals surface area contributed by atoms with Crippen LogP contribution < -0.4 is 5.73 Å². The van der Waals surface area contributed by atoms with Crippen LogP contribution in [0.2, 0.25) is 0 Å². The van der Waals surface area contributed by atoms with Crippen molar-refractivity contribution in [3.8, 4) is 0 Å². The number of aldehydes is 1. The van der Waals surface area contributed by atoms with Crippen molar-refractivity contribution in [2.24, 2.45) is 5.73 Å². The number of aromatic nitrogens is 1. The summed E-state index contributed by atoms with van der Waals surface area (Å²) in [6.07, 6.45) is -7.74. The fourth-order valence-corrected chi connectivity index (χ4v) is 1.40. The van der Waals surface area contributed by atoms with Gasteiger partial charge in [0.1, 0.15) is 5.69 Å². The fourth-order valence-electron chi connectivity index (χ4n) is 1.40. The molecule has 8 heteroatoms. The van der Waals surface area contributed by atoms with Crippen LogP contribution in [0.1, 0.15) is 33.6 Å². The SMILES string of the molecule is NCc1c(C(F)F)ncc(C=O)c1C(F)(F)F. The third-order valence-corrected chi connectivity index (χ3v) is 2.06. The van der Waals surface area contributed by atoms with E-state index in [1.807, 2.05) is 0 Å². The van der Waals surface area contributed by atoms with Crippen molar-refractivity contribution < 1.29 is 26.7 Å². The first kappa shape index (κ1) is 13.5. The van der Waals surface area contributed by atoms with Crippen LogP contribution in [0.3, 0.4) is 0 Å². The summed E-state index contributed by atoms with van der Waals surface area (Å²) in [4.78, 5) is 13.6. The van der Waals surface area contributed by atoms with Crippen molar-refractivity contribution in [2.45, 2.75) is 19.1 Å². The molecule has 0 fully saturated rings. The van der Waals surface area contributed by atoms with Gasteiger partial charge < -0.3 is 5.73 Å². The number of carbonyl (C=O) groups is 1. The van der Waals surface area contributed by atoms with Crippen molar-refractivity contribution in [2.75, 3.05) is 0 Å². The number of carbonyl (C=O) groups excluding carboxylic acids is 1. The van der Waals surface area contributed by atoms with E-state index in [9.17, 15) is 26.7 Å². The summed E-state index contributed by atoms with van der Waals surface area (Å²) < 4.78 is 62.8. The van der Waals surface area contributed by atoms with E-state index in [-0.39, 0.29) is 6.29 Å². The molecule has 1 heterocycles. The summed E-state index contributed by atoms with van der Waals surface area (Å²) in [5, 5.41) is 0. The van der Waals surface area contributed by atoms with Gasteiger partial charge in [0.25, 0.3) is 6.43 Å². The summed E-state index contributed by atoms with van der Waals surface area (Å²) in [7, 11) is 0. The van der Waals surface area contributed by atoms with Gasteiger partial charge in [-0.05, 0) is 0 Å². The molecule has 2 N–H and O–H groups in total. The first-order chi connectivity index (χ1) is 7.82. The molecule has 94 valence electrons. The quantitative estimate of drug-likeness (QED) is 0.665. The topological polar surface area (TPSA) is 56.0 Å². The minimum absolute atomic E-state index is 0.0930. The maximum Gasteiger partial charge on any atom is 0.417 e. The van der Waals surface area contributed by atoms with Crippen molar-refractivity contribution >= 4 is 6.29 Å². The molecule has 0 aromatic carbocycles. The highest BCUT2D eigenvalue weighted by atomic mass is 19.4. The Morgan fingerprint density at radius 3 is 2.35 bits per heavy atom. The van der Waals surface area contributed by atoms with Crippen LogP contribution in [0.25, 0.3) is 0 Å². The standard InChI is InChI=1S/C9H7F5N2O/c10-8(11)7-5(1-15)6(9(12,13)14)4(3-17)2-16-7/h2-3,8H,1,15H2. The van der Waals surface area contributed by atoms with Gasteiger partial charge in [0.2, 0.25) is 0 Å². The van der Waals surface area contributed by atoms with E-state index in [0.29, 0.717) is 6.20 Å². The molecule has 0 saturated heterocycles. The van der Waals surface area contributed by atoms with Crippen LogP contribution in [0.5, 0.6) is 0 Å². The maximum absolute atomic E-state index is 12.6. The summed E-state index contributed by atoms with van der Waals surface area (Å²) in [6, 6.07) is 0. The lowest BCUT2D eigenvalue weighted by atomic mass is 10.0. The van der Waals surface area contributed by atoms with Crippen molar-refractivity contribution in [1.82, 2.24) is 4.98 Å². The van der Waals surface area contributed by atoms with Crippen LogP contribution in [0.15, 0.2) is 6.20 Å². The van der Waals surface area contributed by atoms with Gasteiger partial charge in [-0.15, -0.1) is 0 Å². The van der Waals surface area contributed by atoms with E-state index in [0.717, 1.165) is 0 Å². The van der Waals surface area contributed by atoms with Crippen LogP contribution in [0, 0.1) is 0 Å². The largest absolute Gasteiger partial charge is 0.417 e. The third-order valence-electron chi connectivity index (χ3n) is 2.06. The summed E-state index contributed by atoms with van der Waals surface area (Å²) >= 11 is 0. The Hall–Kier alpha value is -1.57. The molecule has 1 rings (SSSR count). The monoisotopic (exact) mass is 254 g/mol. The first-order valence-corrected chi connectivity index (χ1v) is 4.35. The van der Waals surface area contributed by atoms with E-state index in [2.05, 4.69) is 4.98 Å². The van der Waals surface area contributed by atoms with E-state index >= 15 is 0 Å². The summed E-state index contributed by atoms with van der Waals surface area (Å²) in [6.45, 7) is -0.775. The predicted octanol–water partition coefficient (Wildman–Crippen LogP) is 2.31. The lowest BCUT2D eigenvalue weighted by Crippen LogP contribution is -2.18. The molecule has 17 heavy (non-hydrogen) atoms.